The van der Waals surface area contributed by atoms with Crippen LogP contribution in [0.2, 0.25) is 0 Å². The first-order valence-electron chi connectivity index (χ1n) is 7.14. The third kappa shape index (κ3) is 3.82. The van der Waals surface area contributed by atoms with Crippen molar-refractivity contribution in [3.63, 3.8) is 0 Å². The van der Waals surface area contributed by atoms with Crippen molar-refractivity contribution in [1.82, 2.24) is 15.1 Å². The zero-order valence-corrected chi connectivity index (χ0v) is 11.6. The van der Waals surface area contributed by atoms with Gasteiger partial charge in [-0.25, -0.2) is 0 Å². The summed E-state index contributed by atoms with van der Waals surface area (Å²) in [6.45, 7) is 4.19. The number of ether oxygens (including phenoxy) is 1. The molecule has 1 aromatic heterocycles. The van der Waals surface area contributed by atoms with E-state index in [9.17, 15) is 0 Å². The molecule has 4 heteroatoms. The molecule has 2 heterocycles. The van der Waals surface area contributed by atoms with Gasteiger partial charge in [0.15, 0.2) is 0 Å². The van der Waals surface area contributed by atoms with E-state index in [0.717, 1.165) is 38.1 Å². The molecule has 1 aromatic rings. The molecule has 18 heavy (non-hydrogen) atoms. The van der Waals surface area contributed by atoms with Gasteiger partial charge in [0.25, 0.3) is 0 Å². The molecule has 0 bridgehead atoms. The zero-order valence-electron chi connectivity index (χ0n) is 11.6. The molecule has 0 amide bonds. The molecule has 0 saturated carbocycles. The Bertz CT molecular complexity index is 345. The van der Waals surface area contributed by atoms with Gasteiger partial charge in [0.1, 0.15) is 0 Å². The first kappa shape index (κ1) is 13.6. The summed E-state index contributed by atoms with van der Waals surface area (Å²) in [7, 11) is 1.97. The lowest BCUT2D eigenvalue weighted by atomic mass is 10.0. The van der Waals surface area contributed by atoms with E-state index < -0.39 is 0 Å². The van der Waals surface area contributed by atoms with E-state index in [4.69, 9.17) is 4.74 Å². The predicted molar refractivity (Wildman–Crippen MR) is 72.5 cm³/mol. The van der Waals surface area contributed by atoms with E-state index in [2.05, 4.69) is 23.4 Å². The summed E-state index contributed by atoms with van der Waals surface area (Å²) in [4.78, 5) is 0. The van der Waals surface area contributed by atoms with Gasteiger partial charge in [0.05, 0.1) is 17.8 Å². The number of hydrogen-bond donors (Lipinski definition) is 1. The summed E-state index contributed by atoms with van der Waals surface area (Å²) in [6, 6.07) is 2.48. The Labute approximate surface area is 110 Å². The highest BCUT2D eigenvalue weighted by Crippen LogP contribution is 2.23. The Morgan fingerprint density at radius 3 is 3.11 bits per heavy atom. The lowest BCUT2D eigenvalue weighted by Crippen LogP contribution is -2.24. The van der Waals surface area contributed by atoms with Gasteiger partial charge in [-0.1, -0.05) is 6.92 Å². The average molecular weight is 251 g/mol. The fraction of sp³-hybridized carbons (Fsp3) is 0.786. The lowest BCUT2D eigenvalue weighted by molar-refractivity contribution is 0.0994. The Balaban J connectivity index is 1.87. The SMILES string of the molecule is CCCNC(CCC1CCCO1)c1ccn(C)n1. The predicted octanol–water partition coefficient (Wildman–Crippen LogP) is 2.42. The fourth-order valence-corrected chi connectivity index (χ4v) is 2.52. The summed E-state index contributed by atoms with van der Waals surface area (Å²) >= 11 is 0. The molecule has 0 spiro atoms. The molecule has 4 nitrogen and oxygen atoms in total. The number of hydrogen-bond acceptors (Lipinski definition) is 3. The second kappa shape index (κ2) is 6.90. The summed E-state index contributed by atoms with van der Waals surface area (Å²) in [5, 5.41) is 8.11. The lowest BCUT2D eigenvalue weighted by Gasteiger charge is -2.18. The van der Waals surface area contributed by atoms with Crippen molar-refractivity contribution >= 4 is 0 Å². The molecule has 1 saturated heterocycles. The van der Waals surface area contributed by atoms with Crippen molar-refractivity contribution in [1.29, 1.82) is 0 Å². The van der Waals surface area contributed by atoms with Gasteiger partial charge in [-0.3, -0.25) is 4.68 Å². The normalized spacial score (nSPS) is 21.3. The molecular weight excluding hydrogens is 226 g/mol. The third-order valence-corrected chi connectivity index (χ3v) is 3.53. The summed E-state index contributed by atoms with van der Waals surface area (Å²) in [6.07, 6.45) is 8.34. The Morgan fingerprint density at radius 2 is 2.50 bits per heavy atom. The highest BCUT2D eigenvalue weighted by atomic mass is 16.5. The van der Waals surface area contributed by atoms with E-state index in [1.54, 1.807) is 0 Å². The van der Waals surface area contributed by atoms with E-state index in [1.165, 1.54) is 12.8 Å². The van der Waals surface area contributed by atoms with Gasteiger partial charge >= 0.3 is 0 Å². The third-order valence-electron chi connectivity index (χ3n) is 3.53. The minimum Gasteiger partial charge on any atom is -0.378 e. The maximum absolute atomic E-state index is 5.70. The topological polar surface area (TPSA) is 39.1 Å². The van der Waals surface area contributed by atoms with E-state index in [1.807, 2.05) is 17.9 Å². The zero-order chi connectivity index (χ0) is 12.8. The van der Waals surface area contributed by atoms with Crippen LogP contribution in [0.25, 0.3) is 0 Å². The summed E-state index contributed by atoms with van der Waals surface area (Å²) in [5.74, 6) is 0. The standard InChI is InChI=1S/C14H25N3O/c1-3-9-15-13(14-8-10-17(2)16-14)7-6-12-5-4-11-18-12/h8,10,12-13,15H,3-7,9,11H2,1-2H3. The Kier molecular flexibility index (Phi) is 5.20. The van der Waals surface area contributed by atoms with Crippen molar-refractivity contribution in [2.24, 2.45) is 7.05 Å². The van der Waals surface area contributed by atoms with Crippen LogP contribution in [0.4, 0.5) is 0 Å². The van der Waals surface area contributed by atoms with Crippen LogP contribution < -0.4 is 5.32 Å². The molecular formula is C14H25N3O. The maximum atomic E-state index is 5.70. The van der Waals surface area contributed by atoms with E-state index >= 15 is 0 Å². The Hall–Kier alpha value is -0.870. The highest BCUT2D eigenvalue weighted by molar-refractivity contribution is 5.05. The molecule has 1 aliphatic heterocycles. The van der Waals surface area contributed by atoms with Crippen molar-refractivity contribution in [3.8, 4) is 0 Å². The van der Waals surface area contributed by atoms with Crippen molar-refractivity contribution in [3.05, 3.63) is 18.0 Å². The molecule has 0 aliphatic carbocycles. The quantitative estimate of drug-likeness (QED) is 0.809. The number of aryl methyl sites for hydroxylation is 1. The summed E-state index contributed by atoms with van der Waals surface area (Å²) < 4.78 is 7.57. The van der Waals surface area contributed by atoms with Gasteiger partial charge in [0.2, 0.25) is 0 Å². The first-order chi connectivity index (χ1) is 8.79. The van der Waals surface area contributed by atoms with Crippen molar-refractivity contribution in [2.75, 3.05) is 13.2 Å². The summed E-state index contributed by atoms with van der Waals surface area (Å²) in [5.41, 5.74) is 1.16. The van der Waals surface area contributed by atoms with Gasteiger partial charge < -0.3 is 10.1 Å². The first-order valence-corrected chi connectivity index (χ1v) is 7.14. The maximum Gasteiger partial charge on any atom is 0.0793 e. The van der Waals surface area contributed by atoms with Crippen LogP contribution in [0.1, 0.15) is 50.8 Å². The van der Waals surface area contributed by atoms with Crippen LogP contribution >= 0.6 is 0 Å². The smallest absolute Gasteiger partial charge is 0.0793 e. The monoisotopic (exact) mass is 251 g/mol. The second-order valence-electron chi connectivity index (χ2n) is 5.13. The van der Waals surface area contributed by atoms with Crippen LogP contribution in [0.3, 0.4) is 0 Å². The molecule has 1 fully saturated rings. The van der Waals surface area contributed by atoms with Crippen molar-refractivity contribution < 1.29 is 4.74 Å². The van der Waals surface area contributed by atoms with E-state index in [-0.39, 0.29) is 0 Å². The molecule has 2 unspecified atom stereocenters. The van der Waals surface area contributed by atoms with Crippen LogP contribution in [0.15, 0.2) is 12.3 Å². The largest absolute Gasteiger partial charge is 0.378 e. The molecule has 0 radical (unpaired) electrons. The number of aromatic nitrogens is 2. The Morgan fingerprint density at radius 1 is 1.61 bits per heavy atom. The molecule has 2 atom stereocenters. The van der Waals surface area contributed by atoms with Gasteiger partial charge in [0, 0.05) is 19.9 Å². The van der Waals surface area contributed by atoms with Crippen molar-refractivity contribution in [2.45, 2.75) is 51.2 Å². The second-order valence-corrected chi connectivity index (χ2v) is 5.13. The minimum atomic E-state index is 0.371. The van der Waals surface area contributed by atoms with Gasteiger partial charge in [-0.2, -0.15) is 5.10 Å². The average Bonchev–Trinajstić information content (AvgIpc) is 3.01. The number of nitrogens with one attached hydrogen (secondary N) is 1. The van der Waals surface area contributed by atoms with Crippen LogP contribution in [0.5, 0.6) is 0 Å². The molecule has 1 N–H and O–H groups in total. The van der Waals surface area contributed by atoms with Crippen LogP contribution in [0, 0.1) is 0 Å². The molecule has 1 aliphatic rings. The number of nitrogens with zero attached hydrogens (tertiary/aromatic N) is 2. The van der Waals surface area contributed by atoms with E-state index in [0.29, 0.717) is 12.1 Å². The highest BCUT2D eigenvalue weighted by Gasteiger charge is 2.19. The fourth-order valence-electron chi connectivity index (χ4n) is 2.52. The van der Waals surface area contributed by atoms with Crippen LogP contribution in [-0.2, 0) is 11.8 Å². The van der Waals surface area contributed by atoms with Gasteiger partial charge in [-0.05, 0) is 44.7 Å². The van der Waals surface area contributed by atoms with Gasteiger partial charge in [-0.15, -0.1) is 0 Å². The molecule has 102 valence electrons. The molecule has 0 aromatic carbocycles. The number of rotatable bonds is 7. The van der Waals surface area contributed by atoms with Crippen LogP contribution in [-0.4, -0.2) is 29.0 Å². The molecule has 2 rings (SSSR count). The minimum absolute atomic E-state index is 0.371.